The van der Waals surface area contributed by atoms with E-state index in [1.807, 2.05) is 36.4 Å². The predicted octanol–water partition coefficient (Wildman–Crippen LogP) is 2.61. The van der Waals surface area contributed by atoms with Crippen molar-refractivity contribution >= 4 is 21.2 Å². The van der Waals surface area contributed by atoms with Crippen LogP contribution in [0.4, 0.5) is 0 Å². The van der Waals surface area contributed by atoms with E-state index < -0.39 is 21.2 Å². The van der Waals surface area contributed by atoms with Gasteiger partial charge in [0.15, 0.2) is 15.6 Å². The molecule has 2 aromatic heterocycles. The molecule has 0 unspecified atom stereocenters. The lowest BCUT2D eigenvalue weighted by Gasteiger charge is -2.14. The number of H-pyrrole nitrogens is 2. The number of sulfone groups is 1. The molecule has 4 aromatic rings. The summed E-state index contributed by atoms with van der Waals surface area (Å²) in [5.74, 6) is -0.465. The Kier molecular flexibility index (Phi) is 7.04. The van der Waals surface area contributed by atoms with E-state index in [2.05, 4.69) is 20.8 Å². The van der Waals surface area contributed by atoms with Crippen molar-refractivity contribution in [1.82, 2.24) is 25.5 Å². The van der Waals surface area contributed by atoms with Crippen LogP contribution in [0.25, 0.3) is 16.8 Å². The van der Waals surface area contributed by atoms with E-state index in [-0.39, 0.29) is 22.6 Å². The third-order valence-electron chi connectivity index (χ3n) is 5.70. The van der Waals surface area contributed by atoms with Crippen LogP contribution in [0.5, 0.6) is 0 Å². The largest absolute Gasteiger partial charge is 0.302 e. The normalized spacial score (nSPS) is 12.9. The number of nitrogens with zero attached hydrogens (tertiary/aromatic N) is 2. The van der Waals surface area contributed by atoms with Crippen molar-refractivity contribution in [1.29, 1.82) is 0 Å². The maximum Gasteiger partial charge on any atom is 0.277 e. The average Bonchev–Trinajstić information content (AvgIpc) is 3.63. The predicted molar refractivity (Wildman–Crippen MR) is 135 cm³/mol. The van der Waals surface area contributed by atoms with Crippen molar-refractivity contribution in [3.05, 3.63) is 99.7 Å². The Morgan fingerprint density at radius 3 is 2.39 bits per heavy atom. The third kappa shape index (κ3) is 5.07. The van der Waals surface area contributed by atoms with Crippen LogP contribution >= 0.6 is 0 Å². The Morgan fingerprint density at radius 2 is 1.83 bits per heavy atom. The van der Waals surface area contributed by atoms with E-state index in [1.54, 1.807) is 19.3 Å². The summed E-state index contributed by atoms with van der Waals surface area (Å²) in [5, 5.41) is 9.44. The standard InChI is InChI=1S/C16H17N3O5S.C9H8N2/c1-9-11(15(20)12-7-17-19(2)16(12)21)4-5-13(25(3,22)23)14(9)10-6-18-24-8-10;1-2-4-8(5-3-1)9-6-7-10-11-9/h4-7,17-18H,8H2,1-3H3;1-7H,(H,10,11). The molecule has 1 aliphatic heterocycles. The molecule has 0 radical (unpaired) electrons. The number of hydrogen-bond donors (Lipinski definition) is 3. The minimum atomic E-state index is -3.51. The topological polar surface area (TPSA) is 139 Å². The number of aromatic amines is 2. The number of carbonyl (C=O) groups is 1. The molecule has 3 N–H and O–H groups in total. The molecular weight excluding hydrogens is 482 g/mol. The van der Waals surface area contributed by atoms with Crippen LogP contribution in [-0.4, -0.2) is 47.0 Å². The zero-order valence-corrected chi connectivity index (χ0v) is 20.7. The summed E-state index contributed by atoms with van der Waals surface area (Å²) in [5.41, 5.74) is 6.15. The first-order valence-corrected chi connectivity index (χ1v) is 12.8. The Bertz CT molecular complexity index is 1580. The SMILES string of the molecule is Cc1c(C(=O)c2c[nH]n(C)c2=O)ccc(S(C)(=O)=O)c1C1=CNOC1.c1ccc(-c2ccn[nH]2)cc1. The van der Waals surface area contributed by atoms with Crippen molar-refractivity contribution in [3.63, 3.8) is 0 Å². The fourth-order valence-corrected chi connectivity index (χ4v) is 4.83. The van der Waals surface area contributed by atoms with E-state index in [4.69, 9.17) is 4.84 Å². The maximum atomic E-state index is 12.8. The van der Waals surface area contributed by atoms with Crippen LogP contribution in [0.2, 0.25) is 0 Å². The quantitative estimate of drug-likeness (QED) is 0.353. The lowest BCUT2D eigenvalue weighted by atomic mass is 9.93. The van der Waals surface area contributed by atoms with Gasteiger partial charge in [0.2, 0.25) is 0 Å². The molecule has 10 nitrogen and oxygen atoms in total. The summed E-state index contributed by atoms with van der Waals surface area (Å²) in [7, 11) is -2.00. The van der Waals surface area contributed by atoms with Gasteiger partial charge in [0.1, 0.15) is 12.2 Å². The molecule has 0 saturated heterocycles. The Morgan fingerprint density at radius 1 is 1.08 bits per heavy atom. The first kappa shape index (κ1) is 24.9. The number of aryl methyl sites for hydroxylation is 1. The fraction of sp³-hybridized carbons (Fsp3) is 0.160. The number of hydrogen-bond acceptors (Lipinski definition) is 7. The molecule has 0 spiro atoms. The molecule has 2 aromatic carbocycles. The highest BCUT2D eigenvalue weighted by Gasteiger charge is 2.26. The molecule has 0 saturated carbocycles. The molecule has 5 rings (SSSR count). The third-order valence-corrected chi connectivity index (χ3v) is 6.84. The van der Waals surface area contributed by atoms with E-state index in [0.29, 0.717) is 16.7 Å². The highest BCUT2D eigenvalue weighted by Crippen LogP contribution is 2.31. The second kappa shape index (κ2) is 10.2. The number of nitrogens with one attached hydrogen (secondary N) is 3. The Hall–Kier alpha value is -4.22. The molecule has 0 aliphatic carbocycles. The molecular formula is C25H25N5O5S. The minimum absolute atomic E-state index is 0.00145. The van der Waals surface area contributed by atoms with Gasteiger partial charge in [0.25, 0.3) is 5.56 Å². The van der Waals surface area contributed by atoms with Crippen LogP contribution in [0.1, 0.15) is 27.0 Å². The van der Waals surface area contributed by atoms with Gasteiger partial charge in [0.05, 0.1) is 10.6 Å². The van der Waals surface area contributed by atoms with E-state index in [9.17, 15) is 18.0 Å². The molecule has 0 fully saturated rings. The van der Waals surface area contributed by atoms with Crippen LogP contribution < -0.4 is 11.0 Å². The lowest BCUT2D eigenvalue weighted by Crippen LogP contribution is -2.20. The molecule has 1 aliphatic rings. The van der Waals surface area contributed by atoms with Gasteiger partial charge >= 0.3 is 0 Å². The van der Waals surface area contributed by atoms with Crippen LogP contribution in [-0.2, 0) is 21.7 Å². The molecule has 0 atom stereocenters. The zero-order chi connectivity index (χ0) is 25.9. The Labute approximate surface area is 207 Å². The van der Waals surface area contributed by atoms with Gasteiger partial charge in [-0.3, -0.25) is 29.7 Å². The lowest BCUT2D eigenvalue weighted by molar-refractivity contribution is 0.103. The highest BCUT2D eigenvalue weighted by atomic mass is 32.2. The molecule has 186 valence electrons. The van der Waals surface area contributed by atoms with Crippen molar-refractivity contribution in [2.45, 2.75) is 11.8 Å². The smallest absolute Gasteiger partial charge is 0.277 e. The Balaban J connectivity index is 0.000000229. The molecule has 0 bridgehead atoms. The summed E-state index contributed by atoms with van der Waals surface area (Å²) >= 11 is 0. The zero-order valence-electron chi connectivity index (χ0n) is 19.9. The maximum absolute atomic E-state index is 12.8. The van der Waals surface area contributed by atoms with Crippen molar-refractivity contribution < 1.29 is 18.0 Å². The van der Waals surface area contributed by atoms with Gasteiger partial charge in [0, 0.05) is 48.6 Å². The molecule has 3 heterocycles. The monoisotopic (exact) mass is 507 g/mol. The van der Waals surface area contributed by atoms with Crippen molar-refractivity contribution in [2.75, 3.05) is 12.9 Å². The summed E-state index contributed by atoms with van der Waals surface area (Å²) in [6.45, 7) is 1.83. The van der Waals surface area contributed by atoms with Crippen LogP contribution in [0.3, 0.4) is 0 Å². The first-order chi connectivity index (χ1) is 17.2. The number of ketones is 1. The van der Waals surface area contributed by atoms with Gasteiger partial charge < -0.3 is 5.10 Å². The van der Waals surface area contributed by atoms with E-state index in [0.717, 1.165) is 11.9 Å². The van der Waals surface area contributed by atoms with Crippen molar-refractivity contribution in [3.8, 4) is 11.3 Å². The summed E-state index contributed by atoms with van der Waals surface area (Å²) in [6.07, 6.45) is 5.76. The van der Waals surface area contributed by atoms with E-state index >= 15 is 0 Å². The fourth-order valence-electron chi connectivity index (χ4n) is 3.86. The number of carbonyl (C=O) groups excluding carboxylic acids is 1. The van der Waals surface area contributed by atoms with Gasteiger partial charge in [-0.2, -0.15) is 5.10 Å². The molecule has 0 amide bonds. The van der Waals surface area contributed by atoms with Gasteiger partial charge in [-0.15, -0.1) is 0 Å². The minimum Gasteiger partial charge on any atom is -0.302 e. The summed E-state index contributed by atoms with van der Waals surface area (Å²) in [6, 6.07) is 14.9. The number of benzene rings is 2. The van der Waals surface area contributed by atoms with Gasteiger partial charge in [-0.25, -0.2) is 8.42 Å². The number of hydroxylamine groups is 1. The van der Waals surface area contributed by atoms with Gasteiger partial charge in [-0.1, -0.05) is 30.3 Å². The number of rotatable bonds is 5. The molecule has 36 heavy (non-hydrogen) atoms. The second-order valence-electron chi connectivity index (χ2n) is 8.18. The summed E-state index contributed by atoms with van der Waals surface area (Å²) in [4.78, 5) is 30.0. The van der Waals surface area contributed by atoms with Gasteiger partial charge in [-0.05, 0) is 36.2 Å². The van der Waals surface area contributed by atoms with E-state index in [1.165, 1.54) is 35.6 Å². The average molecular weight is 508 g/mol. The molecule has 11 heteroatoms. The number of aromatic nitrogens is 4. The first-order valence-electron chi connectivity index (χ1n) is 10.9. The van der Waals surface area contributed by atoms with Crippen LogP contribution in [0, 0.1) is 6.92 Å². The van der Waals surface area contributed by atoms with Crippen molar-refractivity contribution in [2.24, 2.45) is 7.05 Å². The second-order valence-corrected chi connectivity index (χ2v) is 10.2. The highest BCUT2D eigenvalue weighted by molar-refractivity contribution is 7.90. The summed E-state index contributed by atoms with van der Waals surface area (Å²) < 4.78 is 25.5. The van der Waals surface area contributed by atoms with Crippen LogP contribution in [0.15, 0.2) is 76.8 Å².